The van der Waals surface area contributed by atoms with Gasteiger partial charge in [-0.3, -0.25) is 9.88 Å². The van der Waals surface area contributed by atoms with Crippen LogP contribution in [0.5, 0.6) is 5.75 Å². The van der Waals surface area contributed by atoms with Gasteiger partial charge in [-0.05, 0) is 45.3 Å². The molecule has 1 aromatic heterocycles. The Morgan fingerprint density at radius 2 is 2.11 bits per heavy atom. The molecule has 100 valence electrons. The number of piperidine rings is 1. The number of aryl methyl sites for hydroxylation is 1. The van der Waals surface area contributed by atoms with Gasteiger partial charge in [0.05, 0.1) is 12.8 Å². The second kappa shape index (κ2) is 6.16. The number of aromatic nitrogens is 1. The highest BCUT2D eigenvalue weighted by Crippen LogP contribution is 2.19. The van der Waals surface area contributed by atoms with Gasteiger partial charge >= 0.3 is 0 Å². The maximum Gasteiger partial charge on any atom is 0.122 e. The van der Waals surface area contributed by atoms with E-state index in [1.54, 1.807) is 7.11 Å². The highest BCUT2D eigenvalue weighted by Gasteiger charge is 2.18. The third-order valence-electron chi connectivity index (χ3n) is 3.64. The van der Waals surface area contributed by atoms with Crippen LogP contribution in [0.4, 0.5) is 0 Å². The van der Waals surface area contributed by atoms with Gasteiger partial charge in [-0.15, -0.1) is 0 Å². The molecule has 1 saturated heterocycles. The number of pyridine rings is 1. The van der Waals surface area contributed by atoms with Crippen molar-refractivity contribution in [2.75, 3.05) is 26.7 Å². The van der Waals surface area contributed by atoms with Crippen molar-refractivity contribution in [3.63, 3.8) is 0 Å². The van der Waals surface area contributed by atoms with Gasteiger partial charge in [0.1, 0.15) is 5.75 Å². The van der Waals surface area contributed by atoms with Crippen molar-refractivity contribution >= 4 is 0 Å². The SMILES string of the molecule is COc1cc(C)nc(CN2CCC(CN)CC2)c1. The fourth-order valence-electron chi connectivity index (χ4n) is 2.51. The van der Waals surface area contributed by atoms with E-state index in [4.69, 9.17) is 10.5 Å². The largest absolute Gasteiger partial charge is 0.497 e. The number of hydrogen-bond acceptors (Lipinski definition) is 4. The first kappa shape index (κ1) is 13.3. The maximum absolute atomic E-state index is 5.71. The minimum absolute atomic E-state index is 0.709. The van der Waals surface area contributed by atoms with Crippen LogP contribution in [0.2, 0.25) is 0 Å². The zero-order chi connectivity index (χ0) is 13.0. The summed E-state index contributed by atoms with van der Waals surface area (Å²) in [5, 5.41) is 0. The number of ether oxygens (including phenoxy) is 1. The van der Waals surface area contributed by atoms with E-state index in [0.717, 1.165) is 43.3 Å². The number of nitrogens with two attached hydrogens (primary N) is 1. The fraction of sp³-hybridized carbons (Fsp3) is 0.643. The van der Waals surface area contributed by atoms with Crippen LogP contribution in [-0.2, 0) is 6.54 Å². The molecule has 0 unspecified atom stereocenters. The standard InChI is InChI=1S/C14H23N3O/c1-11-7-14(18-2)8-13(16-11)10-17-5-3-12(9-15)4-6-17/h7-8,12H,3-6,9-10,15H2,1-2H3. The monoisotopic (exact) mass is 249 g/mol. The molecule has 18 heavy (non-hydrogen) atoms. The molecule has 0 aliphatic carbocycles. The van der Waals surface area contributed by atoms with Gasteiger partial charge in [0, 0.05) is 24.4 Å². The van der Waals surface area contributed by atoms with Crippen molar-refractivity contribution in [1.29, 1.82) is 0 Å². The van der Waals surface area contributed by atoms with Gasteiger partial charge in [-0.25, -0.2) is 0 Å². The van der Waals surface area contributed by atoms with Crippen LogP contribution in [0.25, 0.3) is 0 Å². The first-order valence-electron chi connectivity index (χ1n) is 6.65. The summed E-state index contributed by atoms with van der Waals surface area (Å²) >= 11 is 0. The predicted molar refractivity (Wildman–Crippen MR) is 72.6 cm³/mol. The van der Waals surface area contributed by atoms with E-state index in [1.807, 2.05) is 19.1 Å². The lowest BCUT2D eigenvalue weighted by Gasteiger charge is -2.31. The molecule has 0 bridgehead atoms. The Labute approximate surface area is 109 Å². The van der Waals surface area contributed by atoms with E-state index in [2.05, 4.69) is 9.88 Å². The van der Waals surface area contributed by atoms with Crippen LogP contribution in [0.3, 0.4) is 0 Å². The summed E-state index contributed by atoms with van der Waals surface area (Å²) in [4.78, 5) is 7.02. The summed E-state index contributed by atoms with van der Waals surface area (Å²) in [7, 11) is 1.70. The number of likely N-dealkylation sites (tertiary alicyclic amines) is 1. The number of methoxy groups -OCH3 is 1. The summed E-state index contributed by atoms with van der Waals surface area (Å²) < 4.78 is 5.28. The average molecular weight is 249 g/mol. The van der Waals surface area contributed by atoms with Crippen molar-refractivity contribution in [3.05, 3.63) is 23.5 Å². The van der Waals surface area contributed by atoms with Gasteiger partial charge in [0.2, 0.25) is 0 Å². The van der Waals surface area contributed by atoms with Crippen LogP contribution in [0.15, 0.2) is 12.1 Å². The Morgan fingerprint density at radius 3 is 2.72 bits per heavy atom. The summed E-state index contributed by atoms with van der Waals surface area (Å²) in [6.45, 7) is 5.99. The fourth-order valence-corrected chi connectivity index (χ4v) is 2.51. The lowest BCUT2D eigenvalue weighted by molar-refractivity contribution is 0.178. The highest BCUT2D eigenvalue weighted by molar-refractivity contribution is 5.26. The lowest BCUT2D eigenvalue weighted by atomic mass is 9.97. The van der Waals surface area contributed by atoms with Gasteiger partial charge in [-0.2, -0.15) is 0 Å². The van der Waals surface area contributed by atoms with Crippen LogP contribution in [-0.4, -0.2) is 36.6 Å². The minimum atomic E-state index is 0.709. The second-order valence-corrected chi connectivity index (χ2v) is 5.09. The minimum Gasteiger partial charge on any atom is -0.497 e. The Morgan fingerprint density at radius 1 is 1.39 bits per heavy atom. The molecule has 0 spiro atoms. The molecule has 1 aliphatic rings. The quantitative estimate of drug-likeness (QED) is 0.880. The third kappa shape index (κ3) is 3.43. The zero-order valence-electron chi connectivity index (χ0n) is 11.4. The summed E-state index contributed by atoms with van der Waals surface area (Å²) in [6, 6.07) is 3.99. The van der Waals surface area contributed by atoms with Crippen LogP contribution in [0.1, 0.15) is 24.2 Å². The van der Waals surface area contributed by atoms with Crippen LogP contribution >= 0.6 is 0 Å². The molecule has 0 atom stereocenters. The summed E-state index contributed by atoms with van der Waals surface area (Å²) in [5.41, 5.74) is 7.82. The van der Waals surface area contributed by atoms with Crippen molar-refractivity contribution in [2.24, 2.45) is 11.7 Å². The van der Waals surface area contributed by atoms with Gasteiger partial charge in [0.25, 0.3) is 0 Å². The van der Waals surface area contributed by atoms with Crippen LogP contribution < -0.4 is 10.5 Å². The molecule has 2 rings (SSSR count). The van der Waals surface area contributed by atoms with E-state index >= 15 is 0 Å². The highest BCUT2D eigenvalue weighted by atomic mass is 16.5. The number of nitrogens with zero attached hydrogens (tertiary/aromatic N) is 2. The predicted octanol–water partition coefficient (Wildman–Crippen LogP) is 1.57. The molecular formula is C14H23N3O. The van der Waals surface area contributed by atoms with Crippen molar-refractivity contribution < 1.29 is 4.74 Å². The third-order valence-corrected chi connectivity index (χ3v) is 3.64. The van der Waals surface area contributed by atoms with E-state index in [0.29, 0.717) is 5.92 Å². The number of rotatable bonds is 4. The Balaban J connectivity index is 1.95. The van der Waals surface area contributed by atoms with Gasteiger partial charge < -0.3 is 10.5 Å². The van der Waals surface area contributed by atoms with Crippen molar-refractivity contribution in [2.45, 2.75) is 26.3 Å². The summed E-state index contributed by atoms with van der Waals surface area (Å²) in [5.74, 6) is 1.61. The van der Waals surface area contributed by atoms with Gasteiger partial charge in [-0.1, -0.05) is 0 Å². The molecule has 0 aromatic carbocycles. The molecule has 4 heteroatoms. The molecule has 0 amide bonds. The molecule has 2 N–H and O–H groups in total. The van der Waals surface area contributed by atoms with Gasteiger partial charge in [0.15, 0.2) is 0 Å². The smallest absolute Gasteiger partial charge is 0.122 e. The lowest BCUT2D eigenvalue weighted by Crippen LogP contribution is -2.35. The molecular weight excluding hydrogens is 226 g/mol. The van der Waals surface area contributed by atoms with Crippen molar-refractivity contribution in [1.82, 2.24) is 9.88 Å². The molecule has 1 aromatic rings. The second-order valence-electron chi connectivity index (χ2n) is 5.09. The van der Waals surface area contributed by atoms with Crippen LogP contribution in [0, 0.1) is 12.8 Å². The first-order valence-corrected chi connectivity index (χ1v) is 6.65. The molecule has 0 saturated carbocycles. The van der Waals surface area contributed by atoms with E-state index in [9.17, 15) is 0 Å². The van der Waals surface area contributed by atoms with E-state index < -0.39 is 0 Å². The zero-order valence-corrected chi connectivity index (χ0v) is 11.4. The normalized spacial score (nSPS) is 17.9. The Hall–Kier alpha value is -1.13. The molecule has 0 radical (unpaired) electrons. The van der Waals surface area contributed by atoms with Crippen molar-refractivity contribution in [3.8, 4) is 5.75 Å². The average Bonchev–Trinajstić information content (AvgIpc) is 2.39. The first-order chi connectivity index (χ1) is 8.71. The Kier molecular flexibility index (Phi) is 4.55. The Bertz CT molecular complexity index is 387. The molecule has 4 nitrogen and oxygen atoms in total. The van der Waals surface area contributed by atoms with E-state index in [-0.39, 0.29) is 0 Å². The molecule has 1 fully saturated rings. The maximum atomic E-state index is 5.71. The molecule has 2 heterocycles. The molecule has 1 aliphatic heterocycles. The summed E-state index contributed by atoms with van der Waals surface area (Å²) in [6.07, 6.45) is 2.42. The topological polar surface area (TPSA) is 51.4 Å². The number of hydrogen-bond donors (Lipinski definition) is 1. The van der Waals surface area contributed by atoms with E-state index in [1.165, 1.54) is 12.8 Å².